The molecule has 0 bridgehead atoms. The van der Waals surface area contributed by atoms with Gasteiger partial charge in [0.15, 0.2) is 0 Å². The van der Waals surface area contributed by atoms with Gasteiger partial charge in [0.05, 0.1) is 17.1 Å². The number of carbonyl (C=O) groups excluding carboxylic acids is 2. The maximum Gasteiger partial charge on any atom is 0.235 e. The molecule has 2 aromatic heterocycles. The summed E-state index contributed by atoms with van der Waals surface area (Å²) in [5, 5.41) is 6.66. The number of piperidine rings is 1. The van der Waals surface area contributed by atoms with Crippen molar-refractivity contribution in [1.29, 1.82) is 0 Å². The summed E-state index contributed by atoms with van der Waals surface area (Å²) in [6, 6.07) is 7.28. The summed E-state index contributed by atoms with van der Waals surface area (Å²) in [6.07, 6.45) is 0.841. The van der Waals surface area contributed by atoms with Crippen molar-refractivity contribution in [3.05, 3.63) is 30.0 Å². The average molecular weight is 244 g/mol. The molecule has 3 heterocycles. The first-order valence-electron chi connectivity index (χ1n) is 5.73. The van der Waals surface area contributed by atoms with Crippen molar-refractivity contribution < 1.29 is 9.59 Å². The second kappa shape index (κ2) is 3.83. The number of fused-ring (bicyclic) bond motifs is 1. The predicted octanol–water partition coefficient (Wildman–Crippen LogP) is 0.437. The van der Waals surface area contributed by atoms with E-state index < -0.39 is 0 Å². The Balaban J connectivity index is 2.02. The molecule has 0 radical (unpaired) electrons. The molecule has 1 saturated heterocycles. The summed E-state index contributed by atoms with van der Waals surface area (Å²) >= 11 is 0. The van der Waals surface area contributed by atoms with Gasteiger partial charge in [-0.1, -0.05) is 6.07 Å². The van der Waals surface area contributed by atoms with Crippen LogP contribution in [0.5, 0.6) is 0 Å². The number of anilines is 1. The Kier molecular flexibility index (Phi) is 2.29. The van der Waals surface area contributed by atoms with Crippen LogP contribution < -0.4 is 11.1 Å². The van der Waals surface area contributed by atoms with Gasteiger partial charge in [0, 0.05) is 6.42 Å². The number of nitrogens with zero attached hydrogens (tertiary/aromatic N) is 2. The minimum absolute atomic E-state index is 0.223. The standard InChI is InChI=1S/C12H12N4O2/c13-10-3-1-2-7-6-9(15-16(7)10)8-4-5-11(17)14-12(8)18/h1-3,6,8H,4-5,13H2,(H,14,17,18). The number of rotatable bonds is 1. The number of carbonyl (C=O) groups is 2. The van der Waals surface area contributed by atoms with Crippen LogP contribution in [0.2, 0.25) is 0 Å². The first-order chi connectivity index (χ1) is 8.65. The first kappa shape index (κ1) is 10.8. The Labute approximate surface area is 103 Å². The molecule has 0 aromatic carbocycles. The van der Waals surface area contributed by atoms with Crippen molar-refractivity contribution in [3.63, 3.8) is 0 Å². The molecule has 1 unspecified atom stereocenters. The summed E-state index contributed by atoms with van der Waals surface area (Å²) in [5.41, 5.74) is 7.29. The summed E-state index contributed by atoms with van der Waals surface area (Å²) in [4.78, 5) is 22.9. The van der Waals surface area contributed by atoms with Gasteiger partial charge in [-0.25, -0.2) is 4.52 Å². The van der Waals surface area contributed by atoms with Crippen LogP contribution >= 0.6 is 0 Å². The number of amides is 2. The molecule has 3 rings (SSSR count). The van der Waals surface area contributed by atoms with Gasteiger partial charge in [0.2, 0.25) is 11.8 Å². The highest BCUT2D eigenvalue weighted by atomic mass is 16.2. The third-order valence-electron chi connectivity index (χ3n) is 3.13. The van der Waals surface area contributed by atoms with E-state index in [1.54, 1.807) is 10.6 Å². The van der Waals surface area contributed by atoms with Crippen molar-refractivity contribution in [3.8, 4) is 0 Å². The lowest BCUT2D eigenvalue weighted by Crippen LogP contribution is -2.39. The fraction of sp³-hybridized carbons (Fsp3) is 0.250. The molecule has 0 saturated carbocycles. The summed E-state index contributed by atoms with van der Waals surface area (Å²) in [7, 11) is 0. The minimum atomic E-state index is -0.373. The van der Waals surface area contributed by atoms with Gasteiger partial charge < -0.3 is 5.73 Å². The molecular weight excluding hydrogens is 232 g/mol. The highest BCUT2D eigenvalue weighted by Crippen LogP contribution is 2.25. The third-order valence-corrected chi connectivity index (χ3v) is 3.13. The van der Waals surface area contributed by atoms with Crippen LogP contribution in [-0.2, 0) is 9.59 Å². The fourth-order valence-electron chi connectivity index (χ4n) is 2.20. The van der Waals surface area contributed by atoms with Gasteiger partial charge in [-0.15, -0.1) is 0 Å². The molecule has 1 aliphatic heterocycles. The van der Waals surface area contributed by atoms with Crippen LogP contribution in [-0.4, -0.2) is 21.4 Å². The highest BCUT2D eigenvalue weighted by Gasteiger charge is 2.29. The summed E-state index contributed by atoms with van der Waals surface area (Å²) in [6.45, 7) is 0. The number of pyridine rings is 1. The molecule has 2 aromatic rings. The number of aromatic nitrogens is 2. The largest absolute Gasteiger partial charge is 0.384 e. The Morgan fingerprint density at radius 3 is 2.94 bits per heavy atom. The number of nitrogens with two attached hydrogens (primary N) is 1. The lowest BCUT2D eigenvalue weighted by Gasteiger charge is -2.18. The second-order valence-corrected chi connectivity index (χ2v) is 4.36. The first-order valence-corrected chi connectivity index (χ1v) is 5.73. The van der Waals surface area contributed by atoms with Crippen LogP contribution in [0.1, 0.15) is 24.5 Å². The van der Waals surface area contributed by atoms with Crippen LogP contribution in [0, 0.1) is 0 Å². The van der Waals surface area contributed by atoms with Gasteiger partial charge in [-0.2, -0.15) is 5.10 Å². The topological polar surface area (TPSA) is 89.5 Å². The van der Waals surface area contributed by atoms with Crippen molar-refractivity contribution in [2.45, 2.75) is 18.8 Å². The molecule has 0 spiro atoms. The molecule has 1 aliphatic rings. The number of nitrogen functional groups attached to an aromatic ring is 1. The Bertz CT molecular complexity index is 647. The van der Waals surface area contributed by atoms with Crippen LogP contribution in [0.4, 0.5) is 5.82 Å². The van der Waals surface area contributed by atoms with E-state index in [9.17, 15) is 9.59 Å². The zero-order valence-corrected chi connectivity index (χ0v) is 9.59. The monoisotopic (exact) mass is 244 g/mol. The zero-order chi connectivity index (χ0) is 12.7. The van der Waals surface area contributed by atoms with Crippen molar-refractivity contribution in [2.75, 3.05) is 5.73 Å². The lowest BCUT2D eigenvalue weighted by molar-refractivity contribution is -0.134. The van der Waals surface area contributed by atoms with Gasteiger partial charge in [0.25, 0.3) is 0 Å². The van der Waals surface area contributed by atoms with E-state index in [0.717, 1.165) is 5.52 Å². The van der Waals surface area contributed by atoms with E-state index in [0.29, 0.717) is 24.4 Å². The van der Waals surface area contributed by atoms with Crippen LogP contribution in [0.3, 0.4) is 0 Å². The minimum Gasteiger partial charge on any atom is -0.384 e. The maximum atomic E-state index is 11.8. The van der Waals surface area contributed by atoms with E-state index in [-0.39, 0.29) is 17.7 Å². The third kappa shape index (κ3) is 1.62. The van der Waals surface area contributed by atoms with E-state index in [2.05, 4.69) is 10.4 Å². The van der Waals surface area contributed by atoms with Gasteiger partial charge >= 0.3 is 0 Å². The predicted molar refractivity (Wildman–Crippen MR) is 64.7 cm³/mol. The molecule has 6 heteroatoms. The van der Waals surface area contributed by atoms with Gasteiger partial charge in [0.1, 0.15) is 5.82 Å². The van der Waals surface area contributed by atoms with Crippen molar-refractivity contribution in [1.82, 2.24) is 14.9 Å². The molecule has 1 atom stereocenters. The van der Waals surface area contributed by atoms with E-state index >= 15 is 0 Å². The van der Waals surface area contributed by atoms with Crippen molar-refractivity contribution >= 4 is 23.1 Å². The number of imide groups is 1. The molecule has 0 aliphatic carbocycles. The van der Waals surface area contributed by atoms with E-state index in [1.165, 1.54) is 0 Å². The van der Waals surface area contributed by atoms with Crippen LogP contribution in [0.25, 0.3) is 5.52 Å². The molecular formula is C12H12N4O2. The van der Waals surface area contributed by atoms with E-state index in [1.807, 2.05) is 18.2 Å². The average Bonchev–Trinajstić information content (AvgIpc) is 2.74. The van der Waals surface area contributed by atoms with E-state index in [4.69, 9.17) is 5.73 Å². The number of hydrogen-bond donors (Lipinski definition) is 2. The fourth-order valence-corrected chi connectivity index (χ4v) is 2.20. The Morgan fingerprint density at radius 2 is 2.22 bits per heavy atom. The summed E-state index contributed by atoms with van der Waals surface area (Å²) in [5.74, 6) is -0.360. The molecule has 1 fully saturated rings. The second-order valence-electron chi connectivity index (χ2n) is 4.36. The zero-order valence-electron chi connectivity index (χ0n) is 9.59. The van der Waals surface area contributed by atoms with Crippen molar-refractivity contribution in [2.24, 2.45) is 0 Å². The molecule has 92 valence electrons. The molecule has 3 N–H and O–H groups in total. The maximum absolute atomic E-state index is 11.8. The quantitative estimate of drug-likeness (QED) is 0.712. The van der Waals surface area contributed by atoms with Crippen LogP contribution in [0.15, 0.2) is 24.3 Å². The summed E-state index contributed by atoms with van der Waals surface area (Å²) < 4.78 is 1.60. The smallest absolute Gasteiger partial charge is 0.235 e. The molecule has 18 heavy (non-hydrogen) atoms. The Morgan fingerprint density at radius 1 is 1.39 bits per heavy atom. The van der Waals surface area contributed by atoms with Gasteiger partial charge in [-0.3, -0.25) is 14.9 Å². The SMILES string of the molecule is Nc1cccc2cc(C3CCC(=O)NC3=O)nn12. The molecule has 2 amide bonds. The number of nitrogens with one attached hydrogen (secondary N) is 1. The molecule has 6 nitrogen and oxygen atoms in total. The van der Waals surface area contributed by atoms with Gasteiger partial charge in [-0.05, 0) is 24.6 Å². The normalized spacial score (nSPS) is 20.1. The lowest BCUT2D eigenvalue weighted by atomic mass is 9.95. The number of hydrogen-bond acceptors (Lipinski definition) is 4. The highest BCUT2D eigenvalue weighted by molar-refractivity contribution is 6.00. The Hall–Kier alpha value is -2.37.